The average Bonchev–Trinajstić information content (AvgIpc) is 3.05. The van der Waals surface area contributed by atoms with Crippen LogP contribution in [0.5, 0.6) is 5.75 Å². The van der Waals surface area contributed by atoms with E-state index in [4.69, 9.17) is 14.2 Å². The lowest BCUT2D eigenvalue weighted by atomic mass is 10.1. The van der Waals surface area contributed by atoms with Gasteiger partial charge in [0.1, 0.15) is 12.4 Å². The first-order chi connectivity index (χ1) is 7.40. The lowest BCUT2D eigenvalue weighted by molar-refractivity contribution is 0.145. The van der Waals surface area contributed by atoms with Crippen molar-refractivity contribution in [2.75, 3.05) is 26.9 Å². The van der Waals surface area contributed by atoms with Crippen LogP contribution in [-0.2, 0) is 15.9 Å². The largest absolute Gasteiger partial charge is 0.491 e. The minimum atomic E-state index is 0.400. The molecule has 1 saturated heterocycles. The van der Waals surface area contributed by atoms with Crippen LogP contribution in [0.15, 0.2) is 24.3 Å². The van der Waals surface area contributed by atoms with Crippen molar-refractivity contribution in [3.63, 3.8) is 0 Å². The zero-order valence-electron chi connectivity index (χ0n) is 8.94. The summed E-state index contributed by atoms with van der Waals surface area (Å²) in [6, 6.07) is 8.09. The van der Waals surface area contributed by atoms with Gasteiger partial charge in [0, 0.05) is 13.5 Å². The van der Waals surface area contributed by atoms with Gasteiger partial charge >= 0.3 is 0 Å². The SMILES string of the molecule is COCCOc1ccccc1CC1CO1. The minimum Gasteiger partial charge on any atom is -0.491 e. The third kappa shape index (κ3) is 3.22. The molecule has 1 atom stereocenters. The molecule has 2 rings (SSSR count). The molecule has 1 unspecified atom stereocenters. The Labute approximate surface area is 90.0 Å². The summed E-state index contributed by atoms with van der Waals surface area (Å²) >= 11 is 0. The molecular formula is C12H16O3. The molecule has 15 heavy (non-hydrogen) atoms. The van der Waals surface area contributed by atoms with E-state index in [9.17, 15) is 0 Å². The van der Waals surface area contributed by atoms with Gasteiger partial charge in [-0.1, -0.05) is 18.2 Å². The van der Waals surface area contributed by atoms with Crippen LogP contribution >= 0.6 is 0 Å². The molecule has 1 aliphatic rings. The quantitative estimate of drug-likeness (QED) is 0.526. The van der Waals surface area contributed by atoms with Gasteiger partial charge in [0.05, 0.1) is 19.3 Å². The lowest BCUT2D eigenvalue weighted by Crippen LogP contribution is -2.06. The van der Waals surface area contributed by atoms with Crippen LogP contribution in [-0.4, -0.2) is 33.0 Å². The van der Waals surface area contributed by atoms with Crippen molar-refractivity contribution in [3.8, 4) is 5.75 Å². The molecule has 0 saturated carbocycles. The van der Waals surface area contributed by atoms with E-state index in [0.29, 0.717) is 19.3 Å². The number of methoxy groups -OCH3 is 1. The fourth-order valence-corrected chi connectivity index (χ4v) is 1.48. The molecular weight excluding hydrogens is 192 g/mol. The molecule has 1 aliphatic heterocycles. The highest BCUT2D eigenvalue weighted by Gasteiger charge is 2.23. The molecule has 0 N–H and O–H groups in total. The maximum absolute atomic E-state index is 5.63. The number of hydrogen-bond acceptors (Lipinski definition) is 3. The predicted octanol–water partition coefficient (Wildman–Crippen LogP) is 1.65. The van der Waals surface area contributed by atoms with E-state index in [1.807, 2.05) is 18.2 Å². The highest BCUT2D eigenvalue weighted by molar-refractivity contribution is 5.34. The van der Waals surface area contributed by atoms with Crippen molar-refractivity contribution < 1.29 is 14.2 Å². The van der Waals surface area contributed by atoms with Crippen molar-refractivity contribution in [2.45, 2.75) is 12.5 Å². The fraction of sp³-hybridized carbons (Fsp3) is 0.500. The van der Waals surface area contributed by atoms with E-state index in [-0.39, 0.29) is 0 Å². The van der Waals surface area contributed by atoms with E-state index in [1.165, 1.54) is 5.56 Å². The maximum Gasteiger partial charge on any atom is 0.122 e. The number of para-hydroxylation sites is 1. The van der Waals surface area contributed by atoms with Crippen LogP contribution in [0.3, 0.4) is 0 Å². The van der Waals surface area contributed by atoms with Crippen LogP contribution < -0.4 is 4.74 Å². The van der Waals surface area contributed by atoms with E-state index in [2.05, 4.69) is 6.07 Å². The Morgan fingerprint density at radius 3 is 2.87 bits per heavy atom. The third-order valence-corrected chi connectivity index (χ3v) is 2.37. The van der Waals surface area contributed by atoms with Crippen LogP contribution in [0, 0.1) is 0 Å². The van der Waals surface area contributed by atoms with Crippen LogP contribution in [0.25, 0.3) is 0 Å². The first kappa shape index (κ1) is 10.5. The van der Waals surface area contributed by atoms with E-state index >= 15 is 0 Å². The number of epoxide rings is 1. The average molecular weight is 208 g/mol. The van der Waals surface area contributed by atoms with Gasteiger partial charge < -0.3 is 14.2 Å². The smallest absolute Gasteiger partial charge is 0.122 e. The second-order valence-electron chi connectivity index (χ2n) is 3.61. The standard InChI is InChI=1S/C12H16O3/c1-13-6-7-14-12-5-3-2-4-10(12)8-11-9-15-11/h2-5,11H,6-9H2,1H3. The highest BCUT2D eigenvalue weighted by atomic mass is 16.6. The number of ether oxygens (including phenoxy) is 3. The van der Waals surface area contributed by atoms with Crippen LogP contribution in [0.2, 0.25) is 0 Å². The molecule has 0 amide bonds. The van der Waals surface area contributed by atoms with Gasteiger partial charge in [0.15, 0.2) is 0 Å². The Hall–Kier alpha value is -1.06. The molecule has 0 spiro atoms. The van der Waals surface area contributed by atoms with Gasteiger partial charge in [-0.3, -0.25) is 0 Å². The molecule has 1 aromatic rings. The normalized spacial score (nSPS) is 18.9. The molecule has 1 fully saturated rings. The molecule has 0 bridgehead atoms. The summed E-state index contributed by atoms with van der Waals surface area (Å²) in [6.07, 6.45) is 1.35. The monoisotopic (exact) mass is 208 g/mol. The third-order valence-electron chi connectivity index (χ3n) is 2.37. The Bertz CT molecular complexity index is 307. The Morgan fingerprint density at radius 2 is 2.13 bits per heavy atom. The summed E-state index contributed by atoms with van der Waals surface area (Å²) in [4.78, 5) is 0. The van der Waals surface area contributed by atoms with Crippen LogP contribution in [0.4, 0.5) is 0 Å². The summed E-state index contributed by atoms with van der Waals surface area (Å²) in [5.74, 6) is 0.949. The zero-order chi connectivity index (χ0) is 10.5. The van der Waals surface area contributed by atoms with E-state index in [0.717, 1.165) is 18.8 Å². The van der Waals surface area contributed by atoms with Crippen molar-refractivity contribution >= 4 is 0 Å². The van der Waals surface area contributed by atoms with E-state index < -0.39 is 0 Å². The summed E-state index contributed by atoms with van der Waals surface area (Å²) < 4.78 is 15.8. The zero-order valence-corrected chi connectivity index (χ0v) is 8.94. The second kappa shape index (κ2) is 5.14. The first-order valence-electron chi connectivity index (χ1n) is 5.21. The Balaban J connectivity index is 1.93. The molecule has 0 aliphatic carbocycles. The molecule has 3 nitrogen and oxygen atoms in total. The van der Waals surface area contributed by atoms with Crippen LogP contribution in [0.1, 0.15) is 5.56 Å². The second-order valence-corrected chi connectivity index (χ2v) is 3.61. The van der Waals surface area contributed by atoms with Gasteiger partial charge in [-0.25, -0.2) is 0 Å². The van der Waals surface area contributed by atoms with Gasteiger partial charge in [0.2, 0.25) is 0 Å². The van der Waals surface area contributed by atoms with Gasteiger partial charge in [0.25, 0.3) is 0 Å². The Kier molecular flexibility index (Phi) is 3.59. The minimum absolute atomic E-state index is 0.400. The van der Waals surface area contributed by atoms with Crippen molar-refractivity contribution in [3.05, 3.63) is 29.8 Å². The highest BCUT2D eigenvalue weighted by Crippen LogP contribution is 2.24. The van der Waals surface area contributed by atoms with Gasteiger partial charge in [-0.15, -0.1) is 0 Å². The molecule has 82 valence electrons. The first-order valence-corrected chi connectivity index (χ1v) is 5.21. The topological polar surface area (TPSA) is 31.0 Å². The Morgan fingerprint density at radius 1 is 1.33 bits per heavy atom. The summed E-state index contributed by atoms with van der Waals surface area (Å²) in [6.45, 7) is 2.10. The van der Waals surface area contributed by atoms with Crippen molar-refractivity contribution in [1.82, 2.24) is 0 Å². The number of rotatable bonds is 6. The molecule has 0 radical (unpaired) electrons. The molecule has 1 heterocycles. The van der Waals surface area contributed by atoms with Gasteiger partial charge in [-0.05, 0) is 11.6 Å². The lowest BCUT2D eigenvalue weighted by Gasteiger charge is -2.09. The van der Waals surface area contributed by atoms with E-state index in [1.54, 1.807) is 7.11 Å². The van der Waals surface area contributed by atoms with Crippen molar-refractivity contribution in [2.24, 2.45) is 0 Å². The summed E-state index contributed by atoms with van der Waals surface area (Å²) in [5.41, 5.74) is 1.22. The maximum atomic E-state index is 5.63. The number of hydrogen-bond donors (Lipinski definition) is 0. The predicted molar refractivity (Wildman–Crippen MR) is 57.3 cm³/mol. The summed E-state index contributed by atoms with van der Waals surface area (Å²) in [5, 5.41) is 0. The molecule has 0 aromatic heterocycles. The van der Waals surface area contributed by atoms with Crippen molar-refractivity contribution in [1.29, 1.82) is 0 Å². The summed E-state index contributed by atoms with van der Waals surface area (Å²) in [7, 11) is 1.67. The molecule has 1 aromatic carbocycles. The number of benzene rings is 1. The molecule has 3 heteroatoms. The fourth-order valence-electron chi connectivity index (χ4n) is 1.48. The van der Waals surface area contributed by atoms with Gasteiger partial charge in [-0.2, -0.15) is 0 Å².